The van der Waals surface area contributed by atoms with Crippen LogP contribution in [0.3, 0.4) is 0 Å². The average Bonchev–Trinajstić information content (AvgIpc) is 3.32. The fourth-order valence-corrected chi connectivity index (χ4v) is 4.06. The number of hydrogen-bond donors (Lipinski definition) is 1. The third-order valence-corrected chi connectivity index (χ3v) is 5.47. The monoisotopic (exact) mass is 340 g/mol. The second-order valence-electron chi connectivity index (χ2n) is 7.17. The molecular formula is C19H21FN4O. The van der Waals surface area contributed by atoms with Crippen molar-refractivity contribution in [3.05, 3.63) is 39.4 Å². The summed E-state index contributed by atoms with van der Waals surface area (Å²) in [5.74, 6) is 0.0331. The Labute approximate surface area is 145 Å². The number of fused-ring (bicyclic) bond motifs is 1. The SMILES string of the molecule is Cc1c(N2CCC(CN)C2)c(F)cc2c(C#N)cc(=O)n(C3CC3)c12. The summed E-state index contributed by atoms with van der Waals surface area (Å²) < 4.78 is 16.7. The quantitative estimate of drug-likeness (QED) is 0.931. The number of hydrogen-bond acceptors (Lipinski definition) is 4. The smallest absolute Gasteiger partial charge is 0.252 e. The van der Waals surface area contributed by atoms with Crippen molar-refractivity contribution in [3.8, 4) is 6.07 Å². The lowest BCUT2D eigenvalue weighted by atomic mass is 10.0. The van der Waals surface area contributed by atoms with Crippen molar-refractivity contribution in [1.82, 2.24) is 4.57 Å². The predicted molar refractivity (Wildman–Crippen MR) is 95.3 cm³/mol. The second-order valence-corrected chi connectivity index (χ2v) is 7.17. The maximum atomic E-state index is 15.0. The van der Waals surface area contributed by atoms with Crippen LogP contribution in [0, 0.1) is 30.0 Å². The van der Waals surface area contributed by atoms with Crippen molar-refractivity contribution >= 4 is 16.6 Å². The molecule has 1 saturated heterocycles. The summed E-state index contributed by atoms with van der Waals surface area (Å²) >= 11 is 0. The van der Waals surface area contributed by atoms with Gasteiger partial charge in [-0.15, -0.1) is 0 Å². The molecule has 2 aliphatic rings. The van der Waals surface area contributed by atoms with Gasteiger partial charge < -0.3 is 15.2 Å². The molecule has 1 aromatic heterocycles. The third kappa shape index (κ3) is 2.50. The molecule has 1 saturated carbocycles. The summed E-state index contributed by atoms with van der Waals surface area (Å²) in [5, 5.41) is 9.92. The highest BCUT2D eigenvalue weighted by molar-refractivity contribution is 5.92. The van der Waals surface area contributed by atoms with E-state index in [9.17, 15) is 14.4 Å². The molecule has 1 aliphatic heterocycles. The number of halogens is 1. The molecule has 0 bridgehead atoms. The first-order valence-electron chi connectivity index (χ1n) is 8.78. The zero-order valence-electron chi connectivity index (χ0n) is 14.3. The lowest BCUT2D eigenvalue weighted by Crippen LogP contribution is -2.26. The van der Waals surface area contributed by atoms with Crippen molar-refractivity contribution < 1.29 is 4.39 Å². The van der Waals surface area contributed by atoms with Crippen LogP contribution < -0.4 is 16.2 Å². The Morgan fingerprint density at radius 1 is 1.36 bits per heavy atom. The van der Waals surface area contributed by atoms with Crippen molar-refractivity contribution in [2.45, 2.75) is 32.2 Å². The van der Waals surface area contributed by atoms with Crippen LogP contribution in [-0.4, -0.2) is 24.2 Å². The van der Waals surface area contributed by atoms with Crippen LogP contribution in [0.25, 0.3) is 10.9 Å². The number of nitriles is 1. The van der Waals surface area contributed by atoms with E-state index >= 15 is 0 Å². The van der Waals surface area contributed by atoms with Crippen LogP contribution in [0.4, 0.5) is 10.1 Å². The average molecular weight is 340 g/mol. The summed E-state index contributed by atoms with van der Waals surface area (Å²) in [6, 6.07) is 4.96. The molecule has 25 heavy (non-hydrogen) atoms. The van der Waals surface area contributed by atoms with Gasteiger partial charge in [-0.2, -0.15) is 5.26 Å². The predicted octanol–water partition coefficient (Wildman–Crippen LogP) is 2.44. The van der Waals surface area contributed by atoms with E-state index in [1.807, 2.05) is 17.9 Å². The first kappa shape index (κ1) is 16.1. The van der Waals surface area contributed by atoms with E-state index < -0.39 is 0 Å². The summed E-state index contributed by atoms with van der Waals surface area (Å²) in [6.45, 7) is 3.94. The van der Waals surface area contributed by atoms with Crippen molar-refractivity contribution in [2.75, 3.05) is 24.5 Å². The Morgan fingerprint density at radius 3 is 2.72 bits per heavy atom. The molecule has 2 heterocycles. The van der Waals surface area contributed by atoms with Gasteiger partial charge in [-0.05, 0) is 50.3 Å². The minimum Gasteiger partial charge on any atom is -0.369 e. The van der Waals surface area contributed by atoms with Gasteiger partial charge in [0.25, 0.3) is 5.56 Å². The van der Waals surface area contributed by atoms with E-state index in [-0.39, 0.29) is 23.0 Å². The van der Waals surface area contributed by atoms with E-state index in [2.05, 4.69) is 0 Å². The number of anilines is 1. The summed E-state index contributed by atoms with van der Waals surface area (Å²) in [5.41, 5.74) is 7.84. The van der Waals surface area contributed by atoms with Crippen LogP contribution >= 0.6 is 0 Å². The lowest BCUT2D eigenvalue weighted by molar-refractivity contribution is 0.597. The van der Waals surface area contributed by atoms with Gasteiger partial charge in [0.15, 0.2) is 0 Å². The highest BCUT2D eigenvalue weighted by atomic mass is 19.1. The van der Waals surface area contributed by atoms with E-state index in [1.54, 1.807) is 4.57 Å². The minimum atomic E-state index is -0.333. The first-order chi connectivity index (χ1) is 12.0. The molecule has 0 amide bonds. The van der Waals surface area contributed by atoms with Crippen molar-refractivity contribution in [1.29, 1.82) is 5.26 Å². The van der Waals surface area contributed by atoms with Gasteiger partial charge in [0.2, 0.25) is 0 Å². The molecule has 1 aromatic carbocycles. The largest absolute Gasteiger partial charge is 0.369 e. The van der Waals surface area contributed by atoms with Gasteiger partial charge in [-0.1, -0.05) is 0 Å². The molecule has 4 rings (SSSR count). The molecule has 1 unspecified atom stereocenters. The molecule has 1 aliphatic carbocycles. The summed E-state index contributed by atoms with van der Waals surface area (Å²) in [4.78, 5) is 14.6. The minimum absolute atomic E-state index is 0.162. The molecule has 6 heteroatoms. The second kappa shape index (κ2) is 5.85. The van der Waals surface area contributed by atoms with E-state index in [1.165, 1.54) is 12.1 Å². The lowest BCUT2D eigenvalue weighted by Gasteiger charge is -2.24. The Kier molecular flexibility index (Phi) is 3.77. The number of aromatic nitrogens is 1. The molecule has 0 radical (unpaired) electrons. The van der Waals surface area contributed by atoms with Gasteiger partial charge in [0.1, 0.15) is 11.9 Å². The van der Waals surface area contributed by atoms with Crippen LogP contribution in [0.2, 0.25) is 0 Å². The molecule has 2 fully saturated rings. The highest BCUT2D eigenvalue weighted by Gasteiger charge is 2.31. The van der Waals surface area contributed by atoms with Crippen molar-refractivity contribution in [2.24, 2.45) is 11.7 Å². The maximum absolute atomic E-state index is 15.0. The molecule has 1 atom stereocenters. The van der Waals surface area contributed by atoms with E-state index in [0.29, 0.717) is 29.1 Å². The number of pyridine rings is 1. The van der Waals surface area contributed by atoms with Crippen LogP contribution in [0.15, 0.2) is 16.9 Å². The Bertz CT molecular complexity index is 955. The number of aryl methyl sites for hydroxylation is 1. The van der Waals surface area contributed by atoms with Crippen molar-refractivity contribution in [3.63, 3.8) is 0 Å². The molecule has 2 N–H and O–H groups in total. The molecule has 2 aromatic rings. The molecular weight excluding hydrogens is 319 g/mol. The normalized spacial score (nSPS) is 20.2. The maximum Gasteiger partial charge on any atom is 0.252 e. The zero-order valence-corrected chi connectivity index (χ0v) is 14.3. The van der Waals surface area contributed by atoms with Crippen LogP contribution in [-0.2, 0) is 0 Å². The van der Waals surface area contributed by atoms with Crippen LogP contribution in [0.1, 0.15) is 36.4 Å². The fraction of sp³-hybridized carbons (Fsp3) is 0.474. The van der Waals surface area contributed by atoms with Gasteiger partial charge >= 0.3 is 0 Å². The highest BCUT2D eigenvalue weighted by Crippen LogP contribution is 2.40. The Balaban J connectivity index is 1.99. The summed E-state index contributed by atoms with van der Waals surface area (Å²) in [6.07, 6.45) is 2.85. The van der Waals surface area contributed by atoms with Crippen LogP contribution in [0.5, 0.6) is 0 Å². The summed E-state index contributed by atoms with van der Waals surface area (Å²) in [7, 11) is 0. The molecule has 0 spiro atoms. The Hall–Kier alpha value is -2.39. The van der Waals surface area contributed by atoms with Gasteiger partial charge in [-0.25, -0.2) is 4.39 Å². The molecule has 5 nitrogen and oxygen atoms in total. The Morgan fingerprint density at radius 2 is 2.12 bits per heavy atom. The topological polar surface area (TPSA) is 75.1 Å². The number of nitrogens with zero attached hydrogens (tertiary/aromatic N) is 3. The van der Waals surface area contributed by atoms with E-state index in [0.717, 1.165) is 37.9 Å². The number of benzene rings is 1. The molecule has 130 valence electrons. The van der Waals surface area contributed by atoms with Gasteiger partial charge in [0, 0.05) is 30.6 Å². The van der Waals surface area contributed by atoms with E-state index in [4.69, 9.17) is 5.73 Å². The third-order valence-electron chi connectivity index (χ3n) is 5.47. The number of rotatable bonds is 3. The fourth-order valence-electron chi connectivity index (χ4n) is 4.06. The first-order valence-corrected chi connectivity index (χ1v) is 8.78. The standard InChI is InChI=1S/C19H21FN4O/c1-11-18-15(13(9-22)6-17(25)24(18)14-2-3-14)7-16(20)19(11)23-5-4-12(8-21)10-23/h6-7,12,14H,2-5,8,10,21H2,1H3. The van der Waals surface area contributed by atoms with Gasteiger partial charge in [0.05, 0.1) is 16.8 Å². The number of nitrogens with two attached hydrogens (primary N) is 1. The van der Waals surface area contributed by atoms with Gasteiger partial charge in [-0.3, -0.25) is 4.79 Å². The zero-order chi connectivity index (χ0) is 17.7.